The lowest BCUT2D eigenvalue weighted by Gasteiger charge is -2.27. The third-order valence-corrected chi connectivity index (χ3v) is 4.76. The summed E-state index contributed by atoms with van der Waals surface area (Å²) in [6.07, 6.45) is 6.47. The predicted octanol–water partition coefficient (Wildman–Crippen LogP) is 3.15. The Morgan fingerprint density at radius 2 is 2.28 bits per heavy atom. The van der Waals surface area contributed by atoms with E-state index >= 15 is 0 Å². The monoisotopic (exact) mass is 268 g/mol. The smallest absolute Gasteiger partial charge is 0.309 e. The van der Waals surface area contributed by atoms with Crippen molar-refractivity contribution in [3.05, 3.63) is 11.1 Å². The Morgan fingerprint density at radius 1 is 1.56 bits per heavy atom. The molecule has 2 N–H and O–H groups in total. The van der Waals surface area contributed by atoms with E-state index in [1.807, 2.05) is 5.38 Å². The Kier molecular flexibility index (Phi) is 4.22. The van der Waals surface area contributed by atoms with Gasteiger partial charge in [-0.15, -0.1) is 11.3 Å². The molecule has 1 aromatic heterocycles. The molecule has 0 radical (unpaired) electrons. The third kappa shape index (κ3) is 3.22. The fourth-order valence-electron chi connectivity index (χ4n) is 2.67. The predicted molar refractivity (Wildman–Crippen MR) is 73.1 cm³/mol. The van der Waals surface area contributed by atoms with Crippen LogP contribution in [0.4, 0.5) is 5.13 Å². The summed E-state index contributed by atoms with van der Waals surface area (Å²) < 4.78 is 0. The Balaban J connectivity index is 1.89. The molecule has 1 saturated carbocycles. The molecule has 0 amide bonds. The van der Waals surface area contributed by atoms with E-state index in [0.29, 0.717) is 11.1 Å². The quantitative estimate of drug-likeness (QED) is 0.832. The van der Waals surface area contributed by atoms with E-state index in [0.717, 1.165) is 11.7 Å². The number of hydrogen-bond donors (Lipinski definition) is 2. The van der Waals surface area contributed by atoms with Crippen molar-refractivity contribution in [1.82, 2.24) is 4.98 Å². The van der Waals surface area contributed by atoms with Gasteiger partial charge in [0.2, 0.25) is 0 Å². The van der Waals surface area contributed by atoms with Crippen LogP contribution in [0.1, 0.15) is 44.7 Å². The molecular formula is C13H20N2O2S. The number of aromatic nitrogens is 1. The van der Waals surface area contributed by atoms with Gasteiger partial charge in [0.1, 0.15) is 0 Å². The minimum atomic E-state index is -0.826. The molecule has 4 nitrogen and oxygen atoms in total. The van der Waals surface area contributed by atoms with Crippen molar-refractivity contribution >= 4 is 22.4 Å². The summed E-state index contributed by atoms with van der Waals surface area (Å²) in [6.45, 7) is 3.22. The number of carboxylic acids is 1. The van der Waals surface area contributed by atoms with Gasteiger partial charge in [0.05, 0.1) is 12.1 Å². The average Bonchev–Trinajstić information content (AvgIpc) is 2.95. The first-order valence-electron chi connectivity index (χ1n) is 6.54. The zero-order chi connectivity index (χ0) is 13.0. The summed E-state index contributed by atoms with van der Waals surface area (Å²) in [5.74, 6) is -0.826. The van der Waals surface area contributed by atoms with E-state index < -0.39 is 5.97 Å². The van der Waals surface area contributed by atoms with Crippen molar-refractivity contribution < 1.29 is 9.90 Å². The van der Waals surface area contributed by atoms with E-state index in [1.54, 1.807) is 0 Å². The molecule has 1 heterocycles. The van der Waals surface area contributed by atoms with Gasteiger partial charge >= 0.3 is 5.97 Å². The van der Waals surface area contributed by atoms with Crippen LogP contribution < -0.4 is 5.32 Å². The second kappa shape index (κ2) is 5.69. The summed E-state index contributed by atoms with van der Waals surface area (Å²) in [4.78, 5) is 14.9. The van der Waals surface area contributed by atoms with E-state index in [-0.39, 0.29) is 6.42 Å². The summed E-state index contributed by atoms with van der Waals surface area (Å²) in [7, 11) is 0. The van der Waals surface area contributed by atoms with Gasteiger partial charge in [-0.3, -0.25) is 4.79 Å². The highest BCUT2D eigenvalue weighted by Crippen LogP contribution is 2.41. The molecule has 0 bridgehead atoms. The first-order valence-corrected chi connectivity index (χ1v) is 7.42. The highest BCUT2D eigenvalue weighted by atomic mass is 32.1. The van der Waals surface area contributed by atoms with Crippen molar-refractivity contribution in [3.8, 4) is 0 Å². The molecule has 0 unspecified atom stereocenters. The van der Waals surface area contributed by atoms with Crippen LogP contribution in [0.3, 0.4) is 0 Å². The van der Waals surface area contributed by atoms with Gasteiger partial charge < -0.3 is 10.4 Å². The van der Waals surface area contributed by atoms with Crippen LogP contribution in [0, 0.1) is 5.41 Å². The van der Waals surface area contributed by atoms with E-state index in [4.69, 9.17) is 5.11 Å². The van der Waals surface area contributed by atoms with E-state index in [1.165, 1.54) is 43.4 Å². The molecule has 2 rings (SSSR count). The van der Waals surface area contributed by atoms with Gasteiger partial charge in [0, 0.05) is 11.9 Å². The lowest BCUT2D eigenvalue weighted by atomic mass is 9.83. The van der Waals surface area contributed by atoms with Crippen molar-refractivity contribution in [3.63, 3.8) is 0 Å². The van der Waals surface area contributed by atoms with Gasteiger partial charge in [-0.05, 0) is 24.7 Å². The largest absolute Gasteiger partial charge is 0.481 e. The normalized spacial score (nSPS) is 17.8. The van der Waals surface area contributed by atoms with Crippen LogP contribution in [0.2, 0.25) is 0 Å². The highest BCUT2D eigenvalue weighted by Gasteiger charge is 2.31. The number of nitrogens with zero attached hydrogens (tertiary/aromatic N) is 1. The standard InChI is InChI=1S/C13H20N2O2S/c1-2-13(5-3-4-6-13)9-14-12-15-10(8-18-12)7-11(16)17/h8H,2-7,9H2,1H3,(H,14,15)(H,16,17). The molecule has 0 spiro atoms. The maximum Gasteiger partial charge on any atom is 0.309 e. The zero-order valence-corrected chi connectivity index (χ0v) is 11.6. The highest BCUT2D eigenvalue weighted by molar-refractivity contribution is 7.13. The number of nitrogens with one attached hydrogen (secondary N) is 1. The molecule has 0 atom stereocenters. The SMILES string of the molecule is CCC1(CNc2nc(CC(=O)O)cs2)CCCC1. The number of carboxylic acid groups (broad SMARTS) is 1. The van der Waals surface area contributed by atoms with Crippen LogP contribution in [0.25, 0.3) is 0 Å². The Bertz CT molecular complexity index is 411. The first kappa shape index (κ1) is 13.3. The Hall–Kier alpha value is -1.10. The fraction of sp³-hybridized carbons (Fsp3) is 0.692. The summed E-state index contributed by atoms with van der Waals surface area (Å²) >= 11 is 1.50. The van der Waals surface area contributed by atoms with Crippen LogP contribution >= 0.6 is 11.3 Å². The second-order valence-corrected chi connectivity index (χ2v) is 5.99. The third-order valence-electron chi connectivity index (χ3n) is 3.91. The summed E-state index contributed by atoms with van der Waals surface area (Å²) in [5, 5.41) is 14.8. The maximum atomic E-state index is 10.6. The maximum absolute atomic E-state index is 10.6. The number of anilines is 1. The minimum Gasteiger partial charge on any atom is -0.481 e. The van der Waals surface area contributed by atoms with Crippen molar-refractivity contribution in [1.29, 1.82) is 0 Å². The topological polar surface area (TPSA) is 62.2 Å². The van der Waals surface area contributed by atoms with Gasteiger partial charge in [-0.1, -0.05) is 19.8 Å². The van der Waals surface area contributed by atoms with Crippen LogP contribution in [0.5, 0.6) is 0 Å². The van der Waals surface area contributed by atoms with Crippen molar-refractivity contribution in [2.24, 2.45) is 5.41 Å². The number of aliphatic carboxylic acids is 1. The lowest BCUT2D eigenvalue weighted by Crippen LogP contribution is -2.25. The fourth-order valence-corrected chi connectivity index (χ4v) is 3.38. The van der Waals surface area contributed by atoms with Gasteiger partial charge in [-0.25, -0.2) is 4.98 Å². The van der Waals surface area contributed by atoms with Crippen LogP contribution in [-0.4, -0.2) is 22.6 Å². The van der Waals surface area contributed by atoms with Crippen molar-refractivity contribution in [2.45, 2.75) is 45.4 Å². The van der Waals surface area contributed by atoms with Crippen LogP contribution in [0.15, 0.2) is 5.38 Å². The van der Waals surface area contributed by atoms with Gasteiger partial charge in [-0.2, -0.15) is 0 Å². The number of carbonyl (C=O) groups is 1. The second-order valence-electron chi connectivity index (χ2n) is 5.13. The van der Waals surface area contributed by atoms with Gasteiger partial charge in [0.25, 0.3) is 0 Å². The van der Waals surface area contributed by atoms with E-state index in [2.05, 4.69) is 17.2 Å². The van der Waals surface area contributed by atoms with Crippen molar-refractivity contribution in [2.75, 3.05) is 11.9 Å². The number of hydrogen-bond acceptors (Lipinski definition) is 4. The lowest BCUT2D eigenvalue weighted by molar-refractivity contribution is -0.136. The van der Waals surface area contributed by atoms with Gasteiger partial charge in [0.15, 0.2) is 5.13 Å². The molecular weight excluding hydrogens is 248 g/mol. The first-order chi connectivity index (χ1) is 8.63. The Morgan fingerprint density at radius 3 is 2.89 bits per heavy atom. The number of thiazole rings is 1. The average molecular weight is 268 g/mol. The van der Waals surface area contributed by atoms with Crippen LogP contribution in [-0.2, 0) is 11.2 Å². The molecule has 5 heteroatoms. The zero-order valence-electron chi connectivity index (χ0n) is 10.7. The minimum absolute atomic E-state index is 0.0110. The summed E-state index contributed by atoms with van der Waals surface area (Å²) in [6, 6.07) is 0. The summed E-state index contributed by atoms with van der Waals surface area (Å²) in [5.41, 5.74) is 1.07. The Labute approximate surface area is 111 Å². The molecule has 1 aliphatic rings. The molecule has 100 valence electrons. The molecule has 0 aromatic carbocycles. The number of rotatable bonds is 6. The molecule has 1 aliphatic carbocycles. The molecule has 1 fully saturated rings. The molecule has 0 aliphatic heterocycles. The molecule has 1 aromatic rings. The van der Waals surface area contributed by atoms with E-state index in [9.17, 15) is 4.79 Å². The molecule has 18 heavy (non-hydrogen) atoms. The molecule has 0 saturated heterocycles.